The van der Waals surface area contributed by atoms with Crippen LogP contribution >= 0.6 is 11.8 Å². The second-order valence-corrected chi connectivity index (χ2v) is 14.1. The molecule has 0 spiro atoms. The number of rotatable bonds is 8. The number of fused-ring (bicyclic) bond motifs is 6. The third-order valence-electron chi connectivity index (χ3n) is 8.41. The first kappa shape index (κ1) is 29.7. The first-order valence-corrected chi connectivity index (χ1v) is 15.8. The molecule has 1 atom stereocenters. The van der Waals surface area contributed by atoms with Crippen molar-refractivity contribution in [3.63, 3.8) is 0 Å². The van der Waals surface area contributed by atoms with Gasteiger partial charge in [-0.15, -0.1) is 0 Å². The van der Waals surface area contributed by atoms with Gasteiger partial charge in [-0.3, -0.25) is 4.79 Å². The third kappa shape index (κ3) is 5.64. The highest BCUT2D eigenvalue weighted by atomic mass is 32.2. The summed E-state index contributed by atoms with van der Waals surface area (Å²) in [4.78, 5) is 41.6. The number of carboxylic acids is 1. The van der Waals surface area contributed by atoms with Gasteiger partial charge in [0, 0.05) is 28.8 Å². The molecule has 0 bridgehead atoms. The van der Waals surface area contributed by atoms with Crippen molar-refractivity contribution >= 4 is 29.7 Å². The Morgan fingerprint density at radius 1 is 0.727 bits per heavy atom. The van der Waals surface area contributed by atoms with Crippen LogP contribution in [0.4, 0.5) is 4.79 Å². The molecule has 1 N–H and O–H groups in total. The van der Waals surface area contributed by atoms with Gasteiger partial charge in [0.2, 0.25) is 5.91 Å². The highest BCUT2D eigenvalue weighted by molar-refractivity contribution is 8.00. The molecule has 0 heterocycles. The SMILES string of the molecule is CC(C)(C)SC[C@@H](C(=O)O)N(C(=O)CC1c2ccccc2-c2ccccc21)C(=O)OCC1c2ccccc2-c2ccccc21. The number of imide groups is 1. The van der Waals surface area contributed by atoms with Gasteiger partial charge in [-0.1, -0.05) is 118 Å². The lowest BCUT2D eigenvalue weighted by molar-refractivity contribution is -0.147. The number of carbonyl (C=O) groups excluding carboxylic acids is 2. The van der Waals surface area contributed by atoms with Gasteiger partial charge in [-0.2, -0.15) is 11.8 Å². The van der Waals surface area contributed by atoms with E-state index in [2.05, 4.69) is 0 Å². The van der Waals surface area contributed by atoms with Crippen molar-refractivity contribution in [2.24, 2.45) is 0 Å². The van der Waals surface area contributed by atoms with Crippen LogP contribution < -0.4 is 0 Å². The highest BCUT2D eigenvalue weighted by Gasteiger charge is 2.40. The monoisotopic (exact) mass is 605 g/mol. The molecule has 4 aromatic carbocycles. The maximum atomic E-state index is 14.2. The second kappa shape index (κ2) is 12.0. The Labute approximate surface area is 262 Å². The molecule has 2 aliphatic carbocycles. The summed E-state index contributed by atoms with van der Waals surface area (Å²) in [5.41, 5.74) is 8.32. The summed E-state index contributed by atoms with van der Waals surface area (Å²) in [5, 5.41) is 10.3. The Morgan fingerprint density at radius 3 is 1.55 bits per heavy atom. The van der Waals surface area contributed by atoms with E-state index < -0.39 is 24.0 Å². The number of ether oxygens (including phenoxy) is 1. The molecule has 7 heteroatoms. The van der Waals surface area contributed by atoms with Crippen LogP contribution in [-0.2, 0) is 14.3 Å². The average molecular weight is 606 g/mol. The average Bonchev–Trinajstić information content (AvgIpc) is 3.50. The van der Waals surface area contributed by atoms with E-state index in [0.717, 1.165) is 49.4 Å². The van der Waals surface area contributed by atoms with Crippen molar-refractivity contribution in [1.82, 2.24) is 4.90 Å². The van der Waals surface area contributed by atoms with E-state index in [9.17, 15) is 19.5 Å². The van der Waals surface area contributed by atoms with Gasteiger partial charge >= 0.3 is 12.1 Å². The Bertz CT molecular complexity index is 1650. The predicted octanol–water partition coefficient (Wildman–Crippen LogP) is 7.95. The van der Waals surface area contributed by atoms with E-state index in [0.29, 0.717) is 0 Å². The van der Waals surface area contributed by atoms with Gasteiger partial charge in [0.25, 0.3) is 0 Å². The van der Waals surface area contributed by atoms with Crippen LogP contribution in [0.1, 0.15) is 61.3 Å². The fraction of sp³-hybridized carbons (Fsp3) is 0.270. The smallest absolute Gasteiger partial charge is 0.417 e. The van der Waals surface area contributed by atoms with Gasteiger partial charge in [0.15, 0.2) is 0 Å². The zero-order valence-corrected chi connectivity index (χ0v) is 25.8. The van der Waals surface area contributed by atoms with Gasteiger partial charge in [0.05, 0.1) is 0 Å². The maximum absolute atomic E-state index is 14.2. The molecule has 0 aromatic heterocycles. The summed E-state index contributed by atoms with van der Waals surface area (Å²) >= 11 is 1.40. The third-order valence-corrected chi connectivity index (χ3v) is 9.76. The molecule has 2 aliphatic rings. The lowest BCUT2D eigenvalue weighted by Gasteiger charge is -2.30. The van der Waals surface area contributed by atoms with Crippen LogP contribution in [0.3, 0.4) is 0 Å². The van der Waals surface area contributed by atoms with Crippen molar-refractivity contribution in [3.05, 3.63) is 119 Å². The molecular weight excluding hydrogens is 570 g/mol. The van der Waals surface area contributed by atoms with Crippen LogP contribution in [0.15, 0.2) is 97.1 Å². The van der Waals surface area contributed by atoms with Crippen LogP contribution in [0.5, 0.6) is 0 Å². The number of carbonyl (C=O) groups is 3. The normalized spacial score (nSPS) is 14.2. The van der Waals surface area contributed by atoms with Gasteiger partial charge in [-0.05, 0) is 44.5 Å². The minimum atomic E-state index is -1.38. The van der Waals surface area contributed by atoms with E-state index in [1.54, 1.807) is 0 Å². The van der Waals surface area contributed by atoms with Crippen molar-refractivity contribution in [1.29, 1.82) is 0 Å². The lowest BCUT2D eigenvalue weighted by atomic mass is 9.93. The Balaban J connectivity index is 1.30. The number of hydrogen-bond acceptors (Lipinski definition) is 5. The number of thioether (sulfide) groups is 1. The summed E-state index contributed by atoms with van der Waals surface area (Å²) in [7, 11) is 0. The lowest BCUT2D eigenvalue weighted by Crippen LogP contribution is -2.51. The van der Waals surface area contributed by atoms with Gasteiger partial charge in [-0.25, -0.2) is 14.5 Å². The largest absolute Gasteiger partial charge is 0.480 e. The molecule has 4 aromatic rings. The van der Waals surface area contributed by atoms with Crippen molar-refractivity contribution in [3.8, 4) is 22.3 Å². The van der Waals surface area contributed by atoms with Crippen LogP contribution in [0.2, 0.25) is 0 Å². The Morgan fingerprint density at radius 2 is 1.14 bits per heavy atom. The topological polar surface area (TPSA) is 83.9 Å². The zero-order valence-electron chi connectivity index (χ0n) is 25.0. The fourth-order valence-corrected chi connectivity index (χ4v) is 7.35. The molecule has 0 unspecified atom stereocenters. The molecule has 44 heavy (non-hydrogen) atoms. The van der Waals surface area contributed by atoms with Gasteiger partial charge in [0.1, 0.15) is 12.6 Å². The first-order chi connectivity index (χ1) is 21.1. The van der Waals surface area contributed by atoms with Crippen molar-refractivity contribution < 1.29 is 24.2 Å². The summed E-state index contributed by atoms with van der Waals surface area (Å²) in [5.74, 6) is -2.28. The van der Waals surface area contributed by atoms with E-state index in [4.69, 9.17) is 4.74 Å². The van der Waals surface area contributed by atoms with E-state index >= 15 is 0 Å². The van der Waals surface area contributed by atoms with Crippen LogP contribution in [0.25, 0.3) is 22.3 Å². The van der Waals surface area contributed by atoms with Crippen molar-refractivity contribution in [2.75, 3.05) is 12.4 Å². The Kier molecular flexibility index (Phi) is 8.08. The summed E-state index contributed by atoms with van der Waals surface area (Å²) < 4.78 is 5.61. The molecule has 2 amide bonds. The number of benzene rings is 4. The molecule has 0 saturated carbocycles. The van der Waals surface area contributed by atoms with E-state index in [1.165, 1.54) is 11.8 Å². The zero-order chi connectivity index (χ0) is 31.0. The fourth-order valence-electron chi connectivity index (χ4n) is 6.40. The quantitative estimate of drug-likeness (QED) is 0.219. The number of amides is 2. The highest BCUT2D eigenvalue weighted by Crippen LogP contribution is 2.47. The van der Waals surface area contributed by atoms with Crippen molar-refractivity contribution in [2.45, 2.75) is 49.8 Å². The minimum Gasteiger partial charge on any atom is -0.480 e. The molecule has 6 rings (SSSR count). The van der Waals surface area contributed by atoms with E-state index in [1.807, 2.05) is 118 Å². The number of carboxylic acid groups (broad SMARTS) is 1. The maximum Gasteiger partial charge on any atom is 0.417 e. The Hall–Kier alpha value is -4.36. The number of aliphatic carboxylic acids is 1. The molecular formula is C37H35NO5S. The summed E-state index contributed by atoms with van der Waals surface area (Å²) in [6.07, 6.45) is -0.985. The molecule has 0 saturated heterocycles. The standard InChI is InChI=1S/C37H35NO5S/c1-37(2,3)44-22-33(35(40)41)38(34(39)20-31-27-16-8-4-12-23(27)24-13-5-9-17-28(24)31)36(42)43-21-32-29-18-10-6-14-25(29)26-15-7-11-19-30(26)32/h4-19,31-33H,20-22H2,1-3H3,(H,40,41)/t33-/m0/s1. The molecule has 0 fully saturated rings. The number of nitrogens with zero attached hydrogens (tertiary/aromatic N) is 1. The number of hydrogen-bond donors (Lipinski definition) is 1. The molecule has 6 nitrogen and oxygen atoms in total. The summed E-state index contributed by atoms with van der Waals surface area (Å²) in [6.45, 7) is 5.91. The molecule has 0 radical (unpaired) electrons. The van der Waals surface area contributed by atoms with E-state index in [-0.39, 0.29) is 35.4 Å². The second-order valence-electron chi connectivity index (χ2n) is 12.3. The molecule has 0 aliphatic heterocycles. The minimum absolute atomic E-state index is 0.00944. The summed E-state index contributed by atoms with van der Waals surface area (Å²) in [6, 6.07) is 30.5. The van der Waals surface area contributed by atoms with Gasteiger partial charge < -0.3 is 9.84 Å². The first-order valence-electron chi connectivity index (χ1n) is 14.9. The molecule has 224 valence electrons. The van der Waals surface area contributed by atoms with Crippen LogP contribution in [-0.4, -0.2) is 51.1 Å². The van der Waals surface area contributed by atoms with Crippen LogP contribution in [0, 0.1) is 0 Å². The predicted molar refractivity (Wildman–Crippen MR) is 174 cm³/mol.